The molecule has 0 saturated carbocycles. The molecule has 2 aromatic carbocycles. The monoisotopic (exact) mass is 355 g/mol. The second-order valence-electron chi connectivity index (χ2n) is 5.56. The Kier molecular flexibility index (Phi) is 4.73. The van der Waals surface area contributed by atoms with E-state index in [9.17, 15) is 4.79 Å². The maximum Gasteiger partial charge on any atom is 0.270 e. The van der Waals surface area contributed by atoms with Crippen molar-refractivity contribution in [2.45, 2.75) is 13.8 Å². The summed E-state index contributed by atoms with van der Waals surface area (Å²) in [6.45, 7) is 4.08. The van der Waals surface area contributed by atoms with Crippen LogP contribution >= 0.6 is 24.0 Å². The molecule has 0 bridgehead atoms. The summed E-state index contributed by atoms with van der Waals surface area (Å²) in [5.41, 5.74) is 4.09. The molecule has 5 heteroatoms. The molecule has 3 rings (SSSR count). The fourth-order valence-electron chi connectivity index (χ4n) is 2.41. The zero-order chi connectivity index (χ0) is 17.3. The lowest BCUT2D eigenvalue weighted by atomic mass is 10.1. The Bertz CT molecular complexity index is 841. The van der Waals surface area contributed by atoms with E-state index in [0.717, 1.165) is 22.6 Å². The number of hydrogen-bond donors (Lipinski definition) is 0. The lowest BCUT2D eigenvalue weighted by Crippen LogP contribution is -2.27. The minimum absolute atomic E-state index is 0.0796. The highest BCUT2D eigenvalue weighted by Gasteiger charge is 2.33. The summed E-state index contributed by atoms with van der Waals surface area (Å²) in [6.07, 6.45) is 1.86. The molecule has 24 heavy (non-hydrogen) atoms. The summed E-state index contributed by atoms with van der Waals surface area (Å²) in [5.74, 6) is 0.707. The molecular weight excluding hydrogens is 338 g/mol. The van der Waals surface area contributed by atoms with E-state index < -0.39 is 0 Å². The fourth-order valence-corrected chi connectivity index (χ4v) is 3.71. The van der Waals surface area contributed by atoms with Gasteiger partial charge in [-0.05, 0) is 60.9 Å². The number of benzene rings is 2. The first-order valence-electron chi connectivity index (χ1n) is 7.49. The van der Waals surface area contributed by atoms with Crippen LogP contribution in [0.4, 0.5) is 5.69 Å². The first kappa shape index (κ1) is 16.7. The third-order valence-corrected chi connectivity index (χ3v) is 5.26. The van der Waals surface area contributed by atoms with E-state index in [2.05, 4.69) is 0 Å². The van der Waals surface area contributed by atoms with Gasteiger partial charge in [-0.25, -0.2) is 0 Å². The summed E-state index contributed by atoms with van der Waals surface area (Å²) in [5, 5.41) is 0. The van der Waals surface area contributed by atoms with Gasteiger partial charge in [0.05, 0.1) is 17.7 Å². The third kappa shape index (κ3) is 3.23. The Balaban J connectivity index is 1.90. The molecular formula is C19H17NO2S2. The number of carbonyl (C=O) groups excluding carboxylic acids is 1. The topological polar surface area (TPSA) is 29.5 Å². The van der Waals surface area contributed by atoms with Gasteiger partial charge in [0.2, 0.25) is 0 Å². The van der Waals surface area contributed by atoms with Gasteiger partial charge in [0.25, 0.3) is 5.91 Å². The van der Waals surface area contributed by atoms with E-state index in [1.54, 1.807) is 12.0 Å². The second-order valence-corrected chi connectivity index (χ2v) is 7.23. The van der Waals surface area contributed by atoms with Gasteiger partial charge in [-0.15, -0.1) is 0 Å². The molecule has 2 aromatic rings. The molecule has 1 aliphatic heterocycles. The summed E-state index contributed by atoms with van der Waals surface area (Å²) in [4.78, 5) is 15.0. The average molecular weight is 355 g/mol. The van der Waals surface area contributed by atoms with Crippen molar-refractivity contribution in [1.82, 2.24) is 0 Å². The van der Waals surface area contributed by atoms with Crippen molar-refractivity contribution in [3.63, 3.8) is 0 Å². The van der Waals surface area contributed by atoms with E-state index >= 15 is 0 Å². The number of hydrogen-bond acceptors (Lipinski definition) is 4. The van der Waals surface area contributed by atoms with Gasteiger partial charge in [-0.1, -0.05) is 42.2 Å². The second kappa shape index (κ2) is 6.79. The van der Waals surface area contributed by atoms with Crippen LogP contribution in [0.2, 0.25) is 0 Å². The number of amides is 1. The van der Waals surface area contributed by atoms with Gasteiger partial charge in [0, 0.05) is 0 Å². The van der Waals surface area contributed by atoms with Crippen LogP contribution in [0.1, 0.15) is 16.7 Å². The lowest BCUT2D eigenvalue weighted by Gasteiger charge is -2.15. The zero-order valence-electron chi connectivity index (χ0n) is 13.7. The molecule has 1 saturated heterocycles. The highest BCUT2D eigenvalue weighted by Crippen LogP contribution is 2.36. The molecule has 122 valence electrons. The van der Waals surface area contributed by atoms with Gasteiger partial charge in [0.1, 0.15) is 5.75 Å². The molecule has 1 aliphatic rings. The van der Waals surface area contributed by atoms with Crippen LogP contribution in [0, 0.1) is 13.8 Å². The highest BCUT2D eigenvalue weighted by atomic mass is 32.2. The summed E-state index contributed by atoms with van der Waals surface area (Å²) in [7, 11) is 1.63. The van der Waals surface area contributed by atoms with Crippen molar-refractivity contribution >= 4 is 46.0 Å². The molecule has 0 radical (unpaired) electrons. The minimum atomic E-state index is -0.0796. The standard InChI is InChI=1S/C19H17NO2S2/c1-12-4-7-15(10-13(12)2)20-18(21)17(24-19(20)23)11-14-5-8-16(22-3)9-6-14/h4-11H,1-3H3/b17-11-. The predicted molar refractivity (Wildman–Crippen MR) is 105 cm³/mol. The van der Waals surface area contributed by atoms with E-state index in [4.69, 9.17) is 17.0 Å². The summed E-state index contributed by atoms with van der Waals surface area (Å²) < 4.78 is 5.71. The van der Waals surface area contributed by atoms with Crippen LogP contribution in [0.25, 0.3) is 6.08 Å². The normalized spacial score (nSPS) is 16.1. The number of ether oxygens (including phenoxy) is 1. The van der Waals surface area contributed by atoms with Crippen LogP contribution in [0.15, 0.2) is 47.4 Å². The van der Waals surface area contributed by atoms with Crippen molar-refractivity contribution in [3.05, 3.63) is 64.1 Å². The van der Waals surface area contributed by atoms with Crippen LogP contribution < -0.4 is 9.64 Å². The largest absolute Gasteiger partial charge is 0.497 e. The van der Waals surface area contributed by atoms with Crippen molar-refractivity contribution in [2.75, 3.05) is 12.0 Å². The van der Waals surface area contributed by atoms with Crippen LogP contribution in [-0.4, -0.2) is 17.3 Å². The maximum absolute atomic E-state index is 12.8. The number of methoxy groups -OCH3 is 1. The first-order chi connectivity index (χ1) is 11.5. The molecule has 0 N–H and O–H groups in total. The molecule has 1 heterocycles. The molecule has 0 aromatic heterocycles. The Morgan fingerprint density at radius 3 is 2.42 bits per heavy atom. The van der Waals surface area contributed by atoms with Gasteiger partial charge in [-0.3, -0.25) is 9.69 Å². The Morgan fingerprint density at radius 1 is 1.08 bits per heavy atom. The lowest BCUT2D eigenvalue weighted by molar-refractivity contribution is -0.113. The van der Waals surface area contributed by atoms with E-state index in [0.29, 0.717) is 9.23 Å². The molecule has 1 fully saturated rings. The number of carbonyl (C=O) groups is 1. The smallest absolute Gasteiger partial charge is 0.270 e. The number of thiocarbonyl (C=S) groups is 1. The first-order valence-corrected chi connectivity index (χ1v) is 8.71. The Morgan fingerprint density at radius 2 is 1.79 bits per heavy atom. The summed E-state index contributed by atoms with van der Waals surface area (Å²) in [6, 6.07) is 13.5. The summed E-state index contributed by atoms with van der Waals surface area (Å²) >= 11 is 6.74. The van der Waals surface area contributed by atoms with Crippen LogP contribution in [-0.2, 0) is 4.79 Å². The van der Waals surface area contributed by atoms with Crippen molar-refractivity contribution in [1.29, 1.82) is 0 Å². The van der Waals surface area contributed by atoms with Gasteiger partial charge in [0.15, 0.2) is 4.32 Å². The minimum Gasteiger partial charge on any atom is -0.497 e. The third-order valence-electron chi connectivity index (χ3n) is 3.96. The number of rotatable bonds is 3. The van der Waals surface area contributed by atoms with E-state index in [-0.39, 0.29) is 5.91 Å². The van der Waals surface area contributed by atoms with Crippen LogP contribution in [0.3, 0.4) is 0 Å². The molecule has 0 atom stereocenters. The SMILES string of the molecule is COc1ccc(/C=C2\SC(=S)N(c3ccc(C)c(C)c3)C2=O)cc1. The molecule has 0 unspecified atom stereocenters. The Hall–Kier alpha value is -2.11. The average Bonchev–Trinajstić information content (AvgIpc) is 2.85. The fraction of sp³-hybridized carbons (Fsp3) is 0.158. The van der Waals surface area contributed by atoms with Gasteiger partial charge in [-0.2, -0.15) is 0 Å². The predicted octanol–water partition coefficient (Wildman–Crippen LogP) is 4.72. The van der Waals surface area contributed by atoms with Crippen molar-refractivity contribution in [2.24, 2.45) is 0 Å². The number of aryl methyl sites for hydroxylation is 2. The number of anilines is 1. The molecule has 1 amide bonds. The Labute approximate surface area is 151 Å². The van der Waals surface area contributed by atoms with Gasteiger partial charge < -0.3 is 4.74 Å². The molecule has 0 aliphatic carbocycles. The maximum atomic E-state index is 12.8. The number of thioether (sulfide) groups is 1. The van der Waals surface area contributed by atoms with Gasteiger partial charge >= 0.3 is 0 Å². The highest BCUT2D eigenvalue weighted by molar-refractivity contribution is 8.27. The quantitative estimate of drug-likeness (QED) is 0.589. The molecule has 0 spiro atoms. The number of nitrogens with zero attached hydrogens (tertiary/aromatic N) is 1. The molecule has 3 nitrogen and oxygen atoms in total. The van der Waals surface area contributed by atoms with E-state index in [1.165, 1.54) is 17.3 Å². The van der Waals surface area contributed by atoms with Crippen LogP contribution in [0.5, 0.6) is 5.75 Å². The van der Waals surface area contributed by atoms with E-state index in [1.807, 2.05) is 62.4 Å². The van der Waals surface area contributed by atoms with Crippen molar-refractivity contribution < 1.29 is 9.53 Å². The zero-order valence-corrected chi connectivity index (χ0v) is 15.3. The van der Waals surface area contributed by atoms with Crippen molar-refractivity contribution in [3.8, 4) is 5.75 Å².